The number of hydrogen-bond donors (Lipinski definition) is 0. The van der Waals surface area contributed by atoms with Crippen molar-refractivity contribution in [2.45, 2.75) is 6.42 Å². The molecule has 0 bridgehead atoms. The quantitative estimate of drug-likeness (QED) is 0.699. The predicted octanol–water partition coefficient (Wildman–Crippen LogP) is 1.80. The summed E-state index contributed by atoms with van der Waals surface area (Å²) in [5, 5.41) is 0. The molecule has 2 heteroatoms. The minimum Gasteiger partial charge on any atom is -0.497 e. The smallest absolute Gasteiger partial charge is 0.119 e. The second-order valence-electron chi connectivity index (χ2n) is 3.40. The molecule has 0 saturated heterocycles. The van der Waals surface area contributed by atoms with E-state index in [9.17, 15) is 0 Å². The van der Waals surface area contributed by atoms with E-state index in [4.69, 9.17) is 4.74 Å². The van der Waals surface area contributed by atoms with Crippen LogP contribution in [-0.4, -0.2) is 32.6 Å². The Morgan fingerprint density at radius 2 is 2.08 bits per heavy atom. The number of nitrogens with zero attached hydrogens (tertiary/aromatic N) is 1. The maximum absolute atomic E-state index is 5.15. The molecule has 0 atom stereocenters. The van der Waals surface area contributed by atoms with Crippen LogP contribution < -0.4 is 4.74 Å². The second kappa shape index (κ2) is 4.87. The van der Waals surface area contributed by atoms with E-state index in [0.717, 1.165) is 18.7 Å². The van der Waals surface area contributed by atoms with Crippen molar-refractivity contribution >= 4 is 0 Å². The van der Waals surface area contributed by atoms with Crippen LogP contribution in [0.4, 0.5) is 0 Å². The van der Waals surface area contributed by atoms with Gasteiger partial charge >= 0.3 is 0 Å². The molecule has 0 radical (unpaired) electrons. The minimum absolute atomic E-state index is 0.941. The topological polar surface area (TPSA) is 12.5 Å². The Bertz CT molecular complexity index is 258. The van der Waals surface area contributed by atoms with Crippen molar-refractivity contribution in [2.24, 2.45) is 0 Å². The van der Waals surface area contributed by atoms with Crippen LogP contribution in [0.5, 0.6) is 5.75 Å². The van der Waals surface area contributed by atoms with E-state index in [1.807, 2.05) is 12.1 Å². The highest BCUT2D eigenvalue weighted by atomic mass is 16.5. The van der Waals surface area contributed by atoms with Crippen LogP contribution in [0.1, 0.15) is 5.56 Å². The van der Waals surface area contributed by atoms with Gasteiger partial charge in [0.1, 0.15) is 5.75 Å². The summed E-state index contributed by atoms with van der Waals surface area (Å²) < 4.78 is 5.15. The first-order valence-electron chi connectivity index (χ1n) is 4.50. The number of hydrogen-bond acceptors (Lipinski definition) is 2. The number of rotatable bonds is 4. The lowest BCUT2D eigenvalue weighted by atomic mass is 10.1. The molecule has 1 aromatic carbocycles. The molecule has 0 fully saturated rings. The van der Waals surface area contributed by atoms with Crippen molar-refractivity contribution in [3.63, 3.8) is 0 Å². The highest BCUT2D eigenvalue weighted by Crippen LogP contribution is 2.12. The summed E-state index contributed by atoms with van der Waals surface area (Å²) in [4.78, 5) is 2.18. The van der Waals surface area contributed by atoms with E-state index in [2.05, 4.69) is 31.1 Å². The van der Waals surface area contributed by atoms with Crippen LogP contribution in [0.2, 0.25) is 0 Å². The first-order valence-corrected chi connectivity index (χ1v) is 4.50. The van der Waals surface area contributed by atoms with Crippen molar-refractivity contribution in [2.75, 3.05) is 27.7 Å². The maximum Gasteiger partial charge on any atom is 0.119 e. The van der Waals surface area contributed by atoms with Crippen LogP contribution in [0.15, 0.2) is 24.3 Å². The lowest BCUT2D eigenvalue weighted by Crippen LogP contribution is -2.14. The number of benzene rings is 1. The van der Waals surface area contributed by atoms with Crippen molar-refractivity contribution in [3.05, 3.63) is 29.8 Å². The third kappa shape index (κ3) is 3.47. The Hall–Kier alpha value is -1.02. The van der Waals surface area contributed by atoms with E-state index in [1.54, 1.807) is 7.11 Å². The average molecular weight is 179 g/mol. The van der Waals surface area contributed by atoms with Gasteiger partial charge in [-0.1, -0.05) is 12.1 Å². The highest BCUT2D eigenvalue weighted by molar-refractivity contribution is 5.28. The predicted molar refractivity (Wildman–Crippen MR) is 55.3 cm³/mol. The molecule has 13 heavy (non-hydrogen) atoms. The molecule has 72 valence electrons. The Balaban J connectivity index is 2.56. The average Bonchev–Trinajstić information content (AvgIpc) is 2.15. The van der Waals surface area contributed by atoms with Crippen LogP contribution in [0, 0.1) is 0 Å². The number of likely N-dealkylation sites (N-methyl/N-ethyl adjacent to an activating group) is 1. The molecule has 0 spiro atoms. The largest absolute Gasteiger partial charge is 0.497 e. The van der Waals surface area contributed by atoms with Gasteiger partial charge in [-0.25, -0.2) is 0 Å². The van der Waals surface area contributed by atoms with Crippen LogP contribution in [-0.2, 0) is 6.42 Å². The van der Waals surface area contributed by atoms with Gasteiger partial charge in [-0.3, -0.25) is 0 Å². The van der Waals surface area contributed by atoms with Crippen LogP contribution in [0.3, 0.4) is 0 Å². The maximum atomic E-state index is 5.15. The number of ether oxygens (including phenoxy) is 1. The molecule has 0 aliphatic rings. The molecule has 1 aromatic rings. The lowest BCUT2D eigenvalue weighted by molar-refractivity contribution is 0.407. The van der Waals surface area contributed by atoms with Gasteiger partial charge in [-0.2, -0.15) is 0 Å². The molecule has 0 heterocycles. The summed E-state index contributed by atoms with van der Waals surface area (Å²) in [5.74, 6) is 0.941. The Kier molecular flexibility index (Phi) is 3.77. The molecule has 0 aliphatic heterocycles. The molecule has 0 aliphatic carbocycles. The Morgan fingerprint density at radius 1 is 1.31 bits per heavy atom. The van der Waals surface area contributed by atoms with Crippen molar-refractivity contribution in [3.8, 4) is 5.75 Å². The van der Waals surface area contributed by atoms with Crippen molar-refractivity contribution in [1.29, 1.82) is 0 Å². The zero-order valence-corrected chi connectivity index (χ0v) is 8.58. The number of methoxy groups -OCH3 is 1. The summed E-state index contributed by atoms with van der Waals surface area (Å²) >= 11 is 0. The van der Waals surface area contributed by atoms with E-state index in [1.165, 1.54) is 5.56 Å². The highest BCUT2D eigenvalue weighted by Gasteiger charge is 1.96. The summed E-state index contributed by atoms with van der Waals surface area (Å²) in [6.45, 7) is 1.08. The standard InChI is InChI=1S/C11H17NO/c1-12(2)8-7-10-5-4-6-11(9-10)13-3/h4-6,9H,7-8H2,1-3H3. The first-order chi connectivity index (χ1) is 6.22. The first kappa shape index (κ1) is 10.1. The zero-order valence-electron chi connectivity index (χ0n) is 8.58. The van der Waals surface area contributed by atoms with E-state index in [-0.39, 0.29) is 0 Å². The van der Waals surface area contributed by atoms with Crippen molar-refractivity contribution < 1.29 is 4.74 Å². The van der Waals surface area contributed by atoms with Gasteiger partial charge < -0.3 is 9.64 Å². The fourth-order valence-corrected chi connectivity index (χ4v) is 1.18. The van der Waals surface area contributed by atoms with Gasteiger partial charge in [0, 0.05) is 6.54 Å². The summed E-state index contributed by atoms with van der Waals surface area (Å²) in [5.41, 5.74) is 1.33. The van der Waals surface area contributed by atoms with E-state index in [0.29, 0.717) is 0 Å². The minimum atomic E-state index is 0.941. The summed E-state index contributed by atoms with van der Waals surface area (Å²) in [6, 6.07) is 8.22. The van der Waals surface area contributed by atoms with E-state index >= 15 is 0 Å². The monoisotopic (exact) mass is 179 g/mol. The molecule has 0 saturated carbocycles. The van der Waals surface area contributed by atoms with Crippen LogP contribution in [0.25, 0.3) is 0 Å². The van der Waals surface area contributed by atoms with Gasteiger partial charge in [0.25, 0.3) is 0 Å². The SMILES string of the molecule is COc1cccc(CCN(C)C)c1. The molecule has 0 aromatic heterocycles. The fraction of sp³-hybridized carbons (Fsp3) is 0.455. The van der Waals surface area contributed by atoms with Gasteiger partial charge in [0.2, 0.25) is 0 Å². The third-order valence-electron chi connectivity index (χ3n) is 1.98. The van der Waals surface area contributed by atoms with Crippen LogP contribution >= 0.6 is 0 Å². The molecule has 0 N–H and O–H groups in total. The normalized spacial score (nSPS) is 10.5. The molecule has 0 amide bonds. The molecule has 2 nitrogen and oxygen atoms in total. The Morgan fingerprint density at radius 3 is 2.69 bits per heavy atom. The fourth-order valence-electron chi connectivity index (χ4n) is 1.18. The molecular weight excluding hydrogens is 162 g/mol. The molecule has 1 rings (SSSR count). The molecule has 0 unspecified atom stereocenters. The van der Waals surface area contributed by atoms with Gasteiger partial charge in [-0.15, -0.1) is 0 Å². The summed E-state index contributed by atoms with van der Waals surface area (Å²) in [6.07, 6.45) is 1.07. The van der Waals surface area contributed by atoms with E-state index < -0.39 is 0 Å². The molecular formula is C11H17NO. The lowest BCUT2D eigenvalue weighted by Gasteiger charge is -2.09. The Labute approximate surface area is 80.1 Å². The second-order valence-corrected chi connectivity index (χ2v) is 3.40. The van der Waals surface area contributed by atoms with Gasteiger partial charge in [-0.05, 0) is 38.2 Å². The summed E-state index contributed by atoms with van der Waals surface area (Å²) in [7, 11) is 5.87. The van der Waals surface area contributed by atoms with Gasteiger partial charge in [0.15, 0.2) is 0 Å². The zero-order chi connectivity index (χ0) is 9.68. The van der Waals surface area contributed by atoms with Crippen molar-refractivity contribution in [1.82, 2.24) is 4.90 Å². The van der Waals surface area contributed by atoms with Gasteiger partial charge in [0.05, 0.1) is 7.11 Å². The third-order valence-corrected chi connectivity index (χ3v) is 1.98.